The molecular weight excluding hydrogens is 286 g/mol. The van der Waals surface area contributed by atoms with Gasteiger partial charge in [0.15, 0.2) is 0 Å². The third-order valence-corrected chi connectivity index (χ3v) is 8.01. The Labute approximate surface area is 140 Å². The average Bonchev–Trinajstić information content (AvgIpc) is 2.86. The lowest BCUT2D eigenvalue weighted by Gasteiger charge is -2.56. The van der Waals surface area contributed by atoms with E-state index in [1.807, 2.05) is 6.92 Å². The molecule has 0 heterocycles. The molecule has 3 heteroatoms. The molecule has 0 bridgehead atoms. The molecule has 3 fully saturated rings. The second-order valence-electron chi connectivity index (χ2n) is 8.88. The summed E-state index contributed by atoms with van der Waals surface area (Å²) in [7, 11) is 0. The van der Waals surface area contributed by atoms with Crippen molar-refractivity contribution in [3.63, 3.8) is 0 Å². The van der Waals surface area contributed by atoms with Crippen molar-refractivity contribution in [2.24, 2.45) is 34.5 Å². The number of hydrogen-bond acceptors (Lipinski definition) is 3. The lowest BCUT2D eigenvalue weighted by Crippen LogP contribution is -2.52. The molecule has 0 aromatic rings. The Kier molecular flexibility index (Phi) is 4.34. The number of aliphatic hydroxyl groups excluding tert-OH is 1. The molecule has 3 saturated carbocycles. The van der Waals surface area contributed by atoms with Crippen molar-refractivity contribution >= 4 is 5.78 Å². The van der Waals surface area contributed by atoms with Crippen LogP contribution in [0.3, 0.4) is 0 Å². The van der Waals surface area contributed by atoms with Crippen LogP contribution in [-0.2, 0) is 4.79 Å². The maximum Gasteiger partial charge on any atom is 0.139 e. The standard InChI is InChI=1S/C20H31NO2/c1-13(22)15-6-7-16-14-5-8-18(23)20(3,10-4-12-21)17(14)9-11-19(15,16)2/h13-17,22H,4-11H2,1-3H3/t13-,14?,15+,16?,17?,19+,20-/m0/s1. The van der Waals surface area contributed by atoms with Gasteiger partial charge in [-0.05, 0) is 74.5 Å². The molecule has 3 rings (SSSR count). The van der Waals surface area contributed by atoms with Crippen molar-refractivity contribution in [2.45, 2.75) is 78.2 Å². The zero-order chi connectivity index (χ0) is 16.8. The van der Waals surface area contributed by atoms with Crippen molar-refractivity contribution in [1.29, 1.82) is 5.26 Å². The van der Waals surface area contributed by atoms with Crippen LogP contribution in [0.5, 0.6) is 0 Å². The molecule has 0 spiro atoms. The summed E-state index contributed by atoms with van der Waals surface area (Å²) >= 11 is 0. The first kappa shape index (κ1) is 17.0. The highest BCUT2D eigenvalue weighted by molar-refractivity contribution is 5.85. The molecule has 0 aromatic carbocycles. The molecule has 0 amide bonds. The minimum atomic E-state index is -0.289. The first-order chi connectivity index (χ1) is 10.8. The Hall–Kier alpha value is -0.880. The Bertz CT molecular complexity index is 522. The number of hydrogen-bond donors (Lipinski definition) is 1. The van der Waals surface area contributed by atoms with Crippen LogP contribution in [0.1, 0.15) is 72.1 Å². The van der Waals surface area contributed by atoms with Gasteiger partial charge in [-0.25, -0.2) is 0 Å². The van der Waals surface area contributed by atoms with Crippen LogP contribution in [0.15, 0.2) is 0 Å². The number of aliphatic hydroxyl groups is 1. The van der Waals surface area contributed by atoms with Crippen LogP contribution >= 0.6 is 0 Å². The molecule has 3 unspecified atom stereocenters. The first-order valence-corrected chi connectivity index (χ1v) is 9.43. The van der Waals surface area contributed by atoms with Crippen molar-refractivity contribution in [3.05, 3.63) is 0 Å². The zero-order valence-corrected chi connectivity index (χ0v) is 14.8. The largest absolute Gasteiger partial charge is 0.393 e. The van der Waals surface area contributed by atoms with Gasteiger partial charge < -0.3 is 5.11 Å². The molecular formula is C20H31NO2. The molecule has 0 aromatic heterocycles. The summed E-state index contributed by atoms with van der Waals surface area (Å²) in [6.07, 6.45) is 7.26. The number of Topliss-reactive ketones (excluding diaryl/α,β-unsaturated/α-hetero) is 1. The highest BCUT2D eigenvalue weighted by atomic mass is 16.3. The van der Waals surface area contributed by atoms with Gasteiger partial charge in [0.2, 0.25) is 0 Å². The fourth-order valence-electron chi connectivity index (χ4n) is 6.74. The highest BCUT2D eigenvalue weighted by Gasteiger charge is 2.59. The summed E-state index contributed by atoms with van der Waals surface area (Å²) in [4.78, 5) is 12.7. The topological polar surface area (TPSA) is 61.1 Å². The number of ketones is 1. The van der Waals surface area contributed by atoms with E-state index >= 15 is 0 Å². The minimum absolute atomic E-state index is 0.225. The lowest BCUT2D eigenvalue weighted by molar-refractivity contribution is -0.146. The van der Waals surface area contributed by atoms with Gasteiger partial charge in [0.1, 0.15) is 5.78 Å². The number of carbonyl (C=O) groups excluding carboxylic acids is 1. The monoisotopic (exact) mass is 317 g/mol. The second kappa shape index (κ2) is 5.88. The number of nitriles is 1. The third kappa shape index (κ3) is 2.45. The molecule has 23 heavy (non-hydrogen) atoms. The van der Waals surface area contributed by atoms with Gasteiger partial charge >= 0.3 is 0 Å². The van der Waals surface area contributed by atoms with E-state index in [0.717, 1.165) is 32.1 Å². The predicted octanol–water partition coefficient (Wildman–Crippen LogP) is 4.10. The van der Waals surface area contributed by atoms with E-state index < -0.39 is 0 Å². The van der Waals surface area contributed by atoms with Gasteiger partial charge in [0.25, 0.3) is 0 Å². The van der Waals surface area contributed by atoms with Crippen LogP contribution in [0.25, 0.3) is 0 Å². The number of rotatable bonds is 3. The molecule has 1 N–H and O–H groups in total. The van der Waals surface area contributed by atoms with E-state index in [1.54, 1.807) is 0 Å². The molecule has 0 radical (unpaired) electrons. The number of carbonyl (C=O) groups is 1. The lowest BCUT2D eigenvalue weighted by atomic mass is 9.48. The second-order valence-corrected chi connectivity index (χ2v) is 8.88. The SMILES string of the molecule is C[C@H](O)[C@H]1CCC2C3CCC(=O)[C@@](C)(CCC#N)C3CC[C@@]21C. The number of fused-ring (bicyclic) bond motifs is 3. The fourth-order valence-corrected chi connectivity index (χ4v) is 6.74. The van der Waals surface area contributed by atoms with Gasteiger partial charge in [-0.2, -0.15) is 5.26 Å². The van der Waals surface area contributed by atoms with Gasteiger partial charge in [0, 0.05) is 18.3 Å². The summed E-state index contributed by atoms with van der Waals surface area (Å²) in [5.41, 5.74) is -0.0469. The summed E-state index contributed by atoms with van der Waals surface area (Å²) < 4.78 is 0. The van der Waals surface area contributed by atoms with Gasteiger partial charge in [-0.3, -0.25) is 4.79 Å². The molecule has 0 aliphatic heterocycles. The highest BCUT2D eigenvalue weighted by Crippen LogP contribution is 2.64. The quantitative estimate of drug-likeness (QED) is 0.852. The predicted molar refractivity (Wildman–Crippen MR) is 89.4 cm³/mol. The minimum Gasteiger partial charge on any atom is -0.393 e. The van der Waals surface area contributed by atoms with Gasteiger partial charge in [-0.15, -0.1) is 0 Å². The van der Waals surface area contributed by atoms with E-state index in [4.69, 9.17) is 5.26 Å². The first-order valence-electron chi connectivity index (χ1n) is 9.43. The Balaban J connectivity index is 1.88. The zero-order valence-electron chi connectivity index (χ0n) is 14.8. The molecule has 0 saturated heterocycles. The van der Waals surface area contributed by atoms with Crippen LogP contribution in [0, 0.1) is 45.8 Å². The van der Waals surface area contributed by atoms with Crippen molar-refractivity contribution in [1.82, 2.24) is 0 Å². The van der Waals surface area contributed by atoms with E-state index in [0.29, 0.717) is 42.3 Å². The maximum atomic E-state index is 12.7. The molecule has 3 nitrogen and oxygen atoms in total. The summed E-state index contributed by atoms with van der Waals surface area (Å²) in [5.74, 6) is 2.51. The van der Waals surface area contributed by atoms with E-state index in [-0.39, 0.29) is 16.9 Å². The fraction of sp³-hybridized carbons (Fsp3) is 0.900. The smallest absolute Gasteiger partial charge is 0.139 e. The van der Waals surface area contributed by atoms with E-state index in [2.05, 4.69) is 19.9 Å². The van der Waals surface area contributed by atoms with Gasteiger partial charge in [-0.1, -0.05) is 13.8 Å². The summed E-state index contributed by atoms with van der Waals surface area (Å²) in [6, 6.07) is 2.25. The Morgan fingerprint density at radius 1 is 1.26 bits per heavy atom. The van der Waals surface area contributed by atoms with Crippen molar-refractivity contribution in [3.8, 4) is 6.07 Å². The third-order valence-electron chi connectivity index (χ3n) is 8.01. The molecule has 128 valence electrons. The maximum absolute atomic E-state index is 12.7. The van der Waals surface area contributed by atoms with Crippen LogP contribution in [0.2, 0.25) is 0 Å². The van der Waals surface area contributed by atoms with Crippen LogP contribution < -0.4 is 0 Å². The summed E-state index contributed by atoms with van der Waals surface area (Å²) in [6.45, 7) is 6.47. The van der Waals surface area contributed by atoms with Crippen LogP contribution in [0.4, 0.5) is 0 Å². The van der Waals surface area contributed by atoms with Crippen molar-refractivity contribution < 1.29 is 9.90 Å². The molecule has 7 atom stereocenters. The summed E-state index contributed by atoms with van der Waals surface area (Å²) in [5, 5.41) is 19.2. The molecule has 3 aliphatic carbocycles. The normalized spacial score (nSPS) is 47.5. The Morgan fingerprint density at radius 3 is 2.65 bits per heavy atom. The Morgan fingerprint density at radius 2 is 2.00 bits per heavy atom. The number of nitrogens with zero attached hydrogens (tertiary/aromatic N) is 1. The van der Waals surface area contributed by atoms with Crippen molar-refractivity contribution in [2.75, 3.05) is 0 Å². The van der Waals surface area contributed by atoms with E-state index in [9.17, 15) is 9.90 Å². The average molecular weight is 317 g/mol. The van der Waals surface area contributed by atoms with Crippen LogP contribution in [-0.4, -0.2) is 17.0 Å². The van der Waals surface area contributed by atoms with E-state index in [1.165, 1.54) is 6.42 Å². The van der Waals surface area contributed by atoms with Gasteiger partial charge in [0.05, 0.1) is 12.2 Å². The molecule has 3 aliphatic rings.